The van der Waals surface area contributed by atoms with Crippen molar-refractivity contribution in [3.8, 4) is 11.5 Å². The van der Waals surface area contributed by atoms with Gasteiger partial charge in [0.25, 0.3) is 17.9 Å². The molecule has 0 unspecified atom stereocenters. The Morgan fingerprint density at radius 1 is 0.424 bits per heavy atom. The van der Waals surface area contributed by atoms with Gasteiger partial charge in [-0.05, 0) is 225 Å². The van der Waals surface area contributed by atoms with E-state index in [0.717, 1.165) is 121 Å². The van der Waals surface area contributed by atoms with Crippen LogP contribution in [0, 0.1) is 123 Å². The van der Waals surface area contributed by atoms with Crippen LogP contribution in [0.2, 0.25) is 10.0 Å². The second-order valence-corrected chi connectivity index (χ2v) is 35.9. The minimum absolute atomic E-state index is 0. The first-order chi connectivity index (χ1) is 60.2. The molecule has 4 aliphatic rings. The van der Waals surface area contributed by atoms with E-state index in [4.69, 9.17) is 46.9 Å². The number of likely N-dealkylation sites (tertiary alicyclic amines) is 3. The number of rotatable bonds is 25. The van der Waals surface area contributed by atoms with E-state index in [1.54, 1.807) is 19.1 Å². The van der Waals surface area contributed by atoms with E-state index in [1.165, 1.54) is 27.9 Å². The number of aldehydes is 1. The van der Waals surface area contributed by atoms with Crippen molar-refractivity contribution in [1.82, 2.24) is 26.2 Å². The van der Waals surface area contributed by atoms with Crippen LogP contribution in [0.3, 0.4) is 0 Å². The Balaban J connectivity index is 0.000000572. The number of para-hydroxylation sites is 3. The van der Waals surface area contributed by atoms with Crippen molar-refractivity contribution in [2.24, 2.45) is 47.3 Å². The third kappa shape index (κ3) is 41.0. The standard InChI is InChI=1S/C30H35ClN2O3.C25H27ClN2O.C23H30N2O2.C17H23NO3.C6H9BO6.2Ar.BrH.ClH.H3N.Na.H/c1-30(2,3)36-29(34)32-19-23(17-22-11-7-5-8-12-22)24(20-32)21-33(25-13-9-6-10-14-25)26-15-16-27(31)28(18-26)35-4;1-29-25-15-23(12-13-24(25)26)28(22-10-6-3-7-11-22)18-21-17-27-16-20(21)14-19-8-4-2-5-9-19;1-23(2,3)27-22(26)25-16-19(14-18-10-6-4-7-11-18)20(17-25)15-24-21-12-8-5-9-13-21;1-17(2,3)21-16(20)18-10-14(15(11-18)12-19)9-13-7-5-4-6-8-13;1-4(8)11-7(12-5(2)9)13-6(3)10;;;;;;;/h5-16,18,23-24H,17,19-21H2,1-4H3;2-13,15,20-21,27H,14,16-18H2,1H3;4-13,19-20,24H,14-17H2,1-3H3;4-8,12,14-15H,9-11H2,1-3H3;1-3H3;;;2*1H;1H3;;/q;;;;;;;;;;+1;-1/t23-,24+;20-,21+;19-,20-;14-,15+;;;;;;;;/m0000......../s1. The quantitative estimate of drug-likeness (QED) is 0.0273. The van der Waals surface area contributed by atoms with Crippen LogP contribution in [-0.2, 0) is 73.0 Å². The molecule has 0 saturated carbocycles. The number of nitrogens with zero attached hydrogens (tertiary/aromatic N) is 5. The van der Waals surface area contributed by atoms with Gasteiger partial charge in [0, 0.05) is 202 Å². The largest absolute Gasteiger partial charge is 1.00 e. The van der Waals surface area contributed by atoms with Crippen molar-refractivity contribution >= 4 is 131 Å². The van der Waals surface area contributed by atoms with E-state index in [1.807, 2.05) is 169 Å². The van der Waals surface area contributed by atoms with Crippen molar-refractivity contribution in [1.29, 1.82) is 0 Å². The van der Waals surface area contributed by atoms with Crippen LogP contribution in [0.1, 0.15) is 107 Å². The third-order valence-corrected chi connectivity index (χ3v) is 22.2. The van der Waals surface area contributed by atoms with Gasteiger partial charge in [0.1, 0.15) is 34.6 Å². The van der Waals surface area contributed by atoms with Crippen molar-refractivity contribution in [2.75, 3.05) is 101 Å². The number of anilines is 5. The summed E-state index contributed by atoms with van der Waals surface area (Å²) in [6, 6.07) is 84.9. The third-order valence-electron chi connectivity index (χ3n) is 21.6. The molecular weight excluding hydrogens is 1870 g/mol. The van der Waals surface area contributed by atoms with Crippen LogP contribution in [0.5, 0.6) is 11.5 Å². The first kappa shape index (κ1) is 119. The minimum atomic E-state index is -1.59. The number of hydrogen-bond acceptors (Lipinski definition) is 20. The zero-order chi connectivity index (χ0) is 90.9. The Labute approximate surface area is 891 Å². The number of amides is 3. The van der Waals surface area contributed by atoms with Crippen molar-refractivity contribution < 1.29 is 178 Å². The Bertz CT molecular complexity index is 4880. The van der Waals surface area contributed by atoms with E-state index in [-0.39, 0.29) is 178 Å². The van der Waals surface area contributed by atoms with Crippen LogP contribution >= 0.6 is 52.6 Å². The Kier molecular flexibility index (Phi) is 53.7. The number of methoxy groups -OCH3 is 2. The molecule has 0 aromatic heterocycles. The van der Waals surface area contributed by atoms with E-state index in [2.05, 4.69) is 186 Å². The zero-order valence-electron chi connectivity index (χ0n) is 79.4. The Hall–Kier alpha value is -7.28. The molecule has 4 fully saturated rings. The summed E-state index contributed by atoms with van der Waals surface area (Å²) in [7, 11) is 1.70. The smallest absolute Gasteiger partial charge is 1.00 e. The fourth-order valence-corrected chi connectivity index (χ4v) is 16.1. The second kappa shape index (κ2) is 59.7. The summed E-state index contributed by atoms with van der Waals surface area (Å²) in [5.74, 6) is 1.74. The van der Waals surface area contributed by atoms with E-state index >= 15 is 0 Å². The van der Waals surface area contributed by atoms with E-state index in [9.17, 15) is 33.6 Å². The maximum atomic E-state index is 13.0. The van der Waals surface area contributed by atoms with Crippen molar-refractivity contribution in [2.45, 2.75) is 126 Å². The van der Waals surface area contributed by atoms with Crippen LogP contribution < -0.4 is 65.6 Å². The summed E-state index contributed by atoms with van der Waals surface area (Å²) in [4.78, 5) is 90.3. The number of ether oxygens (including phenoxy) is 5. The SMILES string of the molecule is Br.CC(=O)OB(OC(C)=O)OC(C)=O.CC(C)(C)OC(=O)N1C[C@H](CNc2ccccc2)[C@@H](Cc2ccccc2)C1.CC(C)(C)OC(=O)N1C[C@H](Cc2ccccc2)[C@@H](C=O)C1.COc1cc(N(C[C@H]2CN(C(=O)OC(C)(C)C)C[C@@H]2Cc2ccccc2)c2ccccc2)ccc1Cl.COc1cc(N(C[C@H]2CNC[C@@H]2Cc2ccccc2)c2ccccc2)ccc1Cl.Cl.N.[Ar].[Ar].[H-].[Na+]. The molecule has 23 nitrogen and oxygen atoms in total. The Morgan fingerprint density at radius 3 is 1.07 bits per heavy atom. The molecule has 8 atom stereocenters. The predicted octanol–water partition coefficient (Wildman–Crippen LogP) is 18.5. The fraction of sp³-hybridized carbons (Fsp3) is 0.396. The molecule has 31 heteroatoms. The molecule has 5 N–H and O–H groups in total. The van der Waals surface area contributed by atoms with Crippen LogP contribution in [-0.4, -0.2) is 168 Å². The van der Waals surface area contributed by atoms with Crippen LogP contribution in [0.25, 0.3) is 0 Å². The van der Waals surface area contributed by atoms with Gasteiger partial charge in [0.15, 0.2) is 0 Å². The van der Waals surface area contributed by atoms with E-state index < -0.39 is 42.0 Å². The summed E-state index contributed by atoms with van der Waals surface area (Å²) in [5, 5.41) is 8.35. The molecule has 3 amide bonds. The van der Waals surface area contributed by atoms with Gasteiger partial charge in [0.2, 0.25) is 0 Å². The molecule has 712 valence electrons. The number of nitrogens with one attached hydrogen (secondary N) is 2. The maximum absolute atomic E-state index is 13.0. The number of benzene rings is 9. The minimum Gasteiger partial charge on any atom is -1.00 e. The summed E-state index contributed by atoms with van der Waals surface area (Å²) in [6.07, 6.45) is 3.97. The average Bonchev–Trinajstić information content (AvgIpc) is 1.73. The molecule has 13 rings (SSSR count). The normalized spacial score (nSPS) is 17.3. The first-order valence-corrected chi connectivity index (χ1v) is 43.8. The average molecular weight is 2000 g/mol. The molecule has 4 saturated heterocycles. The van der Waals surface area contributed by atoms with Gasteiger partial charge >= 0.3 is 55.2 Å². The van der Waals surface area contributed by atoms with Gasteiger partial charge in [-0.3, -0.25) is 14.4 Å². The number of halogens is 4. The summed E-state index contributed by atoms with van der Waals surface area (Å²) in [6.45, 7) is 28.7. The van der Waals surface area contributed by atoms with Gasteiger partial charge in [0.05, 0.1) is 24.3 Å². The van der Waals surface area contributed by atoms with Gasteiger partial charge in [-0.25, -0.2) is 14.4 Å². The number of carbonyl (C=O) groups excluding carboxylic acids is 7. The molecule has 9 aromatic carbocycles. The maximum Gasteiger partial charge on any atom is 1.00 e. The molecule has 4 aliphatic heterocycles. The van der Waals surface area contributed by atoms with Crippen molar-refractivity contribution in [3.63, 3.8) is 0 Å². The molecule has 0 bridgehead atoms. The number of carbonyl (C=O) groups is 7. The van der Waals surface area contributed by atoms with Crippen LogP contribution in [0.15, 0.2) is 249 Å². The summed E-state index contributed by atoms with van der Waals surface area (Å²) in [5.41, 5.74) is 9.17. The zero-order valence-corrected chi connectivity index (χ0v) is 85.9. The topological polar surface area (TPSA) is 269 Å². The molecule has 0 radical (unpaired) electrons. The van der Waals surface area contributed by atoms with Gasteiger partial charge < -0.3 is 85.2 Å². The van der Waals surface area contributed by atoms with Crippen molar-refractivity contribution in [3.05, 3.63) is 281 Å². The van der Waals surface area contributed by atoms with Crippen LogP contribution in [0.4, 0.5) is 42.8 Å². The molecule has 4 heterocycles. The van der Waals surface area contributed by atoms with Gasteiger partial charge in [-0.2, -0.15) is 0 Å². The first-order valence-electron chi connectivity index (χ1n) is 43.1. The second-order valence-electron chi connectivity index (χ2n) is 35.1. The van der Waals surface area contributed by atoms with Gasteiger partial charge in [-0.1, -0.05) is 199 Å². The molecule has 132 heavy (non-hydrogen) atoms. The monoisotopic (exact) mass is 1990 g/mol. The summed E-state index contributed by atoms with van der Waals surface area (Å²) >= 11 is 12.6. The van der Waals surface area contributed by atoms with E-state index in [0.29, 0.717) is 77.3 Å². The van der Waals surface area contributed by atoms with Gasteiger partial charge in [-0.15, -0.1) is 29.4 Å². The fourth-order valence-electron chi connectivity index (χ4n) is 15.7. The predicted molar refractivity (Wildman–Crippen MR) is 523 cm³/mol. The molecule has 9 aromatic rings. The molecule has 0 spiro atoms. The summed E-state index contributed by atoms with van der Waals surface area (Å²) < 4.78 is 40.7. The Morgan fingerprint density at radius 2 is 0.720 bits per heavy atom. The molecule has 0 aliphatic carbocycles. The number of hydrogen-bond donors (Lipinski definition) is 3. The molecular formula is C101H130Ar2BBrCl3N8NaO15.